The molecule has 1 aromatic heterocycles. The number of nitrogen functional groups attached to an aromatic ring is 1. The largest absolute Gasteiger partial charge is 0.488 e. The van der Waals surface area contributed by atoms with E-state index in [0.717, 1.165) is 27.8 Å². The quantitative estimate of drug-likeness (QED) is 0.730. The van der Waals surface area contributed by atoms with Crippen LogP contribution in [0.2, 0.25) is 0 Å². The highest BCUT2D eigenvalue weighted by Crippen LogP contribution is 2.30. The second-order valence-corrected chi connectivity index (χ2v) is 4.51. The summed E-state index contributed by atoms with van der Waals surface area (Å²) in [6.07, 6.45) is 3.75. The van der Waals surface area contributed by atoms with Crippen LogP contribution in [0, 0.1) is 0 Å². The number of nitrogens with two attached hydrogens (primary N) is 1. The highest BCUT2D eigenvalue weighted by Gasteiger charge is 2.05. The number of hydrogen-bond acceptors (Lipinski definition) is 3. The minimum absolute atomic E-state index is 0.502. The van der Waals surface area contributed by atoms with Crippen LogP contribution in [0.4, 0.5) is 5.69 Å². The lowest BCUT2D eigenvalue weighted by Crippen LogP contribution is -1.96. The van der Waals surface area contributed by atoms with Crippen LogP contribution >= 0.6 is 0 Å². The van der Waals surface area contributed by atoms with Crippen molar-refractivity contribution in [3.05, 3.63) is 54.4 Å². The maximum atomic E-state index is 5.97. The minimum atomic E-state index is 0.502. The molecule has 0 aliphatic carbocycles. The van der Waals surface area contributed by atoms with Crippen molar-refractivity contribution in [3.63, 3.8) is 0 Å². The number of nitrogens with zero attached hydrogens (tertiary/aromatic N) is 2. The van der Waals surface area contributed by atoms with Crippen molar-refractivity contribution < 1.29 is 4.74 Å². The van der Waals surface area contributed by atoms with Gasteiger partial charge in [-0.1, -0.05) is 24.3 Å². The summed E-state index contributed by atoms with van der Waals surface area (Å²) in [7, 11) is 1.89. The molecular weight excluding hydrogens is 238 g/mol. The second kappa shape index (κ2) is 4.65. The molecule has 2 aromatic carbocycles. The minimum Gasteiger partial charge on any atom is -0.488 e. The van der Waals surface area contributed by atoms with Crippen LogP contribution in [0.5, 0.6) is 5.75 Å². The smallest absolute Gasteiger partial charge is 0.127 e. The Labute approximate surface area is 111 Å². The van der Waals surface area contributed by atoms with Gasteiger partial charge >= 0.3 is 0 Å². The van der Waals surface area contributed by atoms with Gasteiger partial charge in [-0.2, -0.15) is 5.10 Å². The van der Waals surface area contributed by atoms with Crippen molar-refractivity contribution >= 4 is 16.5 Å². The van der Waals surface area contributed by atoms with Gasteiger partial charge in [0.25, 0.3) is 0 Å². The molecule has 96 valence electrons. The summed E-state index contributed by atoms with van der Waals surface area (Å²) in [5.74, 6) is 0.841. The molecule has 3 rings (SSSR count). The van der Waals surface area contributed by atoms with Gasteiger partial charge in [0, 0.05) is 35.3 Å². The summed E-state index contributed by atoms with van der Waals surface area (Å²) < 4.78 is 7.63. The predicted octanol–water partition coefficient (Wildman–Crippen LogP) is 2.73. The molecule has 0 aliphatic rings. The van der Waals surface area contributed by atoms with E-state index in [0.29, 0.717) is 6.61 Å². The Hall–Kier alpha value is -2.49. The number of ether oxygens (including phenoxy) is 1. The first kappa shape index (κ1) is 11.6. The van der Waals surface area contributed by atoms with Gasteiger partial charge < -0.3 is 10.5 Å². The molecule has 0 radical (unpaired) electrons. The molecule has 0 fully saturated rings. The normalized spacial score (nSPS) is 10.8. The monoisotopic (exact) mass is 253 g/mol. The SMILES string of the molecule is Cn1cc(COc2ccc(N)c3ccccc23)cn1. The average molecular weight is 253 g/mol. The Morgan fingerprint density at radius 2 is 1.95 bits per heavy atom. The first-order chi connectivity index (χ1) is 9.24. The maximum Gasteiger partial charge on any atom is 0.127 e. The van der Waals surface area contributed by atoms with E-state index in [1.807, 2.05) is 49.6 Å². The molecule has 0 saturated heterocycles. The molecule has 4 nitrogen and oxygen atoms in total. The fourth-order valence-electron chi connectivity index (χ4n) is 2.13. The fourth-order valence-corrected chi connectivity index (χ4v) is 2.13. The standard InChI is InChI=1S/C15H15N3O/c1-18-9-11(8-17-18)10-19-15-7-6-14(16)12-4-2-3-5-13(12)15/h2-9H,10,16H2,1H3. The van der Waals surface area contributed by atoms with Gasteiger partial charge in [0.05, 0.1) is 6.20 Å². The topological polar surface area (TPSA) is 53.1 Å². The second-order valence-electron chi connectivity index (χ2n) is 4.51. The summed E-state index contributed by atoms with van der Waals surface area (Å²) in [6, 6.07) is 11.8. The first-order valence-corrected chi connectivity index (χ1v) is 6.11. The molecule has 0 amide bonds. The maximum absolute atomic E-state index is 5.97. The van der Waals surface area contributed by atoms with Gasteiger partial charge in [0.2, 0.25) is 0 Å². The molecule has 0 unspecified atom stereocenters. The van der Waals surface area contributed by atoms with E-state index >= 15 is 0 Å². The van der Waals surface area contributed by atoms with Crippen LogP contribution in [-0.2, 0) is 13.7 Å². The van der Waals surface area contributed by atoms with E-state index in [1.54, 1.807) is 10.9 Å². The zero-order chi connectivity index (χ0) is 13.2. The summed E-state index contributed by atoms with van der Waals surface area (Å²) in [6.45, 7) is 0.502. The summed E-state index contributed by atoms with van der Waals surface area (Å²) in [4.78, 5) is 0. The number of rotatable bonds is 3. The molecular formula is C15H15N3O. The third-order valence-corrected chi connectivity index (χ3v) is 3.07. The highest BCUT2D eigenvalue weighted by molar-refractivity contribution is 5.96. The lowest BCUT2D eigenvalue weighted by Gasteiger charge is -2.10. The third kappa shape index (κ3) is 2.25. The van der Waals surface area contributed by atoms with Crippen LogP contribution in [-0.4, -0.2) is 9.78 Å². The molecule has 0 atom stereocenters. The van der Waals surface area contributed by atoms with E-state index in [2.05, 4.69) is 5.10 Å². The number of anilines is 1. The van der Waals surface area contributed by atoms with Crippen molar-refractivity contribution in [2.24, 2.45) is 7.05 Å². The molecule has 0 aliphatic heterocycles. The zero-order valence-electron chi connectivity index (χ0n) is 10.7. The Morgan fingerprint density at radius 1 is 1.16 bits per heavy atom. The van der Waals surface area contributed by atoms with Crippen molar-refractivity contribution in [3.8, 4) is 5.75 Å². The van der Waals surface area contributed by atoms with Gasteiger partial charge in [0.15, 0.2) is 0 Å². The molecule has 3 aromatic rings. The fraction of sp³-hybridized carbons (Fsp3) is 0.133. The van der Waals surface area contributed by atoms with E-state index in [4.69, 9.17) is 10.5 Å². The van der Waals surface area contributed by atoms with Gasteiger partial charge in [-0.15, -0.1) is 0 Å². The van der Waals surface area contributed by atoms with Gasteiger partial charge in [-0.05, 0) is 12.1 Å². The van der Waals surface area contributed by atoms with Crippen LogP contribution in [0.3, 0.4) is 0 Å². The Kier molecular flexibility index (Phi) is 2.83. The summed E-state index contributed by atoms with van der Waals surface area (Å²) >= 11 is 0. The third-order valence-electron chi connectivity index (χ3n) is 3.07. The van der Waals surface area contributed by atoms with Crippen LogP contribution in [0.1, 0.15) is 5.56 Å². The highest BCUT2D eigenvalue weighted by atomic mass is 16.5. The molecule has 19 heavy (non-hydrogen) atoms. The van der Waals surface area contributed by atoms with Gasteiger partial charge in [-0.3, -0.25) is 4.68 Å². The van der Waals surface area contributed by atoms with Crippen molar-refractivity contribution in [1.82, 2.24) is 9.78 Å². The number of hydrogen-bond donors (Lipinski definition) is 1. The van der Waals surface area contributed by atoms with Crippen molar-refractivity contribution in [2.75, 3.05) is 5.73 Å². The molecule has 1 heterocycles. The Bertz CT molecular complexity index is 718. The van der Waals surface area contributed by atoms with E-state index in [9.17, 15) is 0 Å². The molecule has 0 saturated carbocycles. The van der Waals surface area contributed by atoms with Gasteiger partial charge in [0.1, 0.15) is 12.4 Å². The Morgan fingerprint density at radius 3 is 2.68 bits per heavy atom. The summed E-state index contributed by atoms with van der Waals surface area (Å²) in [5.41, 5.74) is 7.78. The molecule has 4 heteroatoms. The Balaban J connectivity index is 1.91. The molecule has 2 N–H and O–H groups in total. The number of aromatic nitrogens is 2. The molecule has 0 bridgehead atoms. The average Bonchev–Trinajstić information content (AvgIpc) is 2.84. The van der Waals surface area contributed by atoms with Crippen LogP contribution < -0.4 is 10.5 Å². The number of aryl methyl sites for hydroxylation is 1. The van der Waals surface area contributed by atoms with E-state index < -0.39 is 0 Å². The first-order valence-electron chi connectivity index (χ1n) is 6.11. The van der Waals surface area contributed by atoms with Crippen molar-refractivity contribution in [2.45, 2.75) is 6.61 Å². The lowest BCUT2D eigenvalue weighted by molar-refractivity contribution is 0.310. The predicted molar refractivity (Wildman–Crippen MR) is 75.9 cm³/mol. The van der Waals surface area contributed by atoms with Crippen molar-refractivity contribution in [1.29, 1.82) is 0 Å². The van der Waals surface area contributed by atoms with E-state index in [-0.39, 0.29) is 0 Å². The summed E-state index contributed by atoms with van der Waals surface area (Å²) in [5, 5.41) is 6.18. The lowest BCUT2D eigenvalue weighted by atomic mass is 10.1. The zero-order valence-corrected chi connectivity index (χ0v) is 10.7. The van der Waals surface area contributed by atoms with Gasteiger partial charge in [-0.25, -0.2) is 0 Å². The van der Waals surface area contributed by atoms with E-state index in [1.165, 1.54) is 0 Å². The molecule has 0 spiro atoms. The number of fused-ring (bicyclic) bond motifs is 1. The van der Waals surface area contributed by atoms with Crippen LogP contribution in [0.15, 0.2) is 48.8 Å². The van der Waals surface area contributed by atoms with Crippen LogP contribution in [0.25, 0.3) is 10.8 Å². The number of benzene rings is 2.